The SMILES string of the molecule is O=C(COCC(F)(F)C(F)F)c1cc(Br)ccc1F. The van der Waals surface area contributed by atoms with Gasteiger partial charge in [-0.05, 0) is 18.2 Å². The van der Waals surface area contributed by atoms with Gasteiger partial charge in [0.25, 0.3) is 0 Å². The molecule has 0 amide bonds. The van der Waals surface area contributed by atoms with Gasteiger partial charge in [0.05, 0.1) is 5.56 Å². The summed E-state index contributed by atoms with van der Waals surface area (Å²) in [5.74, 6) is -6.10. The van der Waals surface area contributed by atoms with E-state index in [1.54, 1.807) is 0 Å². The van der Waals surface area contributed by atoms with Crippen LogP contribution in [0.25, 0.3) is 0 Å². The lowest BCUT2D eigenvalue weighted by atomic mass is 10.1. The molecule has 0 fully saturated rings. The van der Waals surface area contributed by atoms with E-state index in [0.29, 0.717) is 4.47 Å². The molecule has 0 N–H and O–H groups in total. The molecule has 0 aliphatic rings. The molecule has 8 heteroatoms. The lowest BCUT2D eigenvalue weighted by molar-refractivity contribution is -0.163. The Labute approximate surface area is 113 Å². The van der Waals surface area contributed by atoms with Crippen LogP contribution in [-0.2, 0) is 4.74 Å². The zero-order valence-electron chi connectivity index (χ0n) is 9.31. The summed E-state index contributed by atoms with van der Waals surface area (Å²) in [6.07, 6.45) is -3.88. The average molecular weight is 347 g/mol. The van der Waals surface area contributed by atoms with Crippen molar-refractivity contribution in [2.75, 3.05) is 13.2 Å². The topological polar surface area (TPSA) is 26.3 Å². The number of Topliss-reactive ketones (excluding diaryl/α,β-unsaturated/α-hetero) is 1. The predicted octanol–water partition coefficient (Wildman–Crippen LogP) is 3.69. The number of carbonyl (C=O) groups excluding carboxylic acids is 1. The standard InChI is InChI=1S/C11H8BrF5O2/c12-6-1-2-8(13)7(3-6)9(18)4-19-5-11(16,17)10(14)15/h1-3,10H,4-5H2. The molecule has 0 saturated heterocycles. The number of rotatable bonds is 6. The first-order chi connectivity index (χ1) is 8.74. The first-order valence-electron chi connectivity index (χ1n) is 4.96. The molecular weight excluding hydrogens is 339 g/mol. The van der Waals surface area contributed by atoms with Crippen molar-refractivity contribution in [2.24, 2.45) is 0 Å². The second kappa shape index (κ2) is 6.42. The zero-order valence-corrected chi connectivity index (χ0v) is 10.9. The largest absolute Gasteiger partial charge is 0.367 e. The van der Waals surface area contributed by atoms with Gasteiger partial charge in [0.1, 0.15) is 19.0 Å². The Morgan fingerprint density at radius 2 is 2.00 bits per heavy atom. The number of hydrogen-bond acceptors (Lipinski definition) is 2. The Bertz CT molecular complexity index is 464. The molecular formula is C11H8BrF5O2. The van der Waals surface area contributed by atoms with E-state index in [2.05, 4.69) is 20.7 Å². The van der Waals surface area contributed by atoms with E-state index in [0.717, 1.165) is 12.1 Å². The van der Waals surface area contributed by atoms with Gasteiger partial charge < -0.3 is 4.74 Å². The first-order valence-corrected chi connectivity index (χ1v) is 5.75. The van der Waals surface area contributed by atoms with Crippen LogP contribution < -0.4 is 0 Å². The monoisotopic (exact) mass is 346 g/mol. The molecule has 0 unspecified atom stereocenters. The molecule has 1 aromatic carbocycles. The van der Waals surface area contributed by atoms with Gasteiger partial charge in [-0.1, -0.05) is 15.9 Å². The summed E-state index contributed by atoms with van der Waals surface area (Å²) < 4.78 is 66.4. The van der Waals surface area contributed by atoms with Gasteiger partial charge in [-0.3, -0.25) is 4.79 Å². The van der Waals surface area contributed by atoms with Crippen LogP contribution in [-0.4, -0.2) is 31.3 Å². The first kappa shape index (κ1) is 16.0. The molecule has 0 aliphatic heterocycles. The molecule has 2 nitrogen and oxygen atoms in total. The van der Waals surface area contributed by atoms with Crippen molar-refractivity contribution in [2.45, 2.75) is 12.3 Å². The van der Waals surface area contributed by atoms with Gasteiger partial charge in [0.15, 0.2) is 5.78 Å². The number of halogens is 6. The van der Waals surface area contributed by atoms with Crippen molar-refractivity contribution < 1.29 is 31.5 Å². The maximum Gasteiger partial charge on any atom is 0.330 e. The molecule has 0 saturated carbocycles. The normalized spacial score (nSPS) is 11.9. The molecule has 106 valence electrons. The fourth-order valence-electron chi connectivity index (χ4n) is 1.13. The smallest absolute Gasteiger partial charge is 0.330 e. The van der Waals surface area contributed by atoms with Crippen LogP contribution in [0, 0.1) is 5.82 Å². The highest BCUT2D eigenvalue weighted by atomic mass is 79.9. The van der Waals surface area contributed by atoms with Gasteiger partial charge >= 0.3 is 12.3 Å². The Hall–Kier alpha value is -1.02. The predicted molar refractivity (Wildman–Crippen MR) is 60.2 cm³/mol. The fourth-order valence-corrected chi connectivity index (χ4v) is 1.49. The van der Waals surface area contributed by atoms with E-state index in [4.69, 9.17) is 0 Å². The van der Waals surface area contributed by atoms with E-state index in [-0.39, 0.29) is 5.56 Å². The summed E-state index contributed by atoms with van der Waals surface area (Å²) in [6, 6.07) is 3.50. The highest BCUT2D eigenvalue weighted by Gasteiger charge is 2.41. The quantitative estimate of drug-likeness (QED) is 0.580. The maximum absolute atomic E-state index is 13.2. The third-order valence-electron chi connectivity index (χ3n) is 2.08. The summed E-state index contributed by atoms with van der Waals surface area (Å²) in [6.45, 7) is -2.51. The molecule has 1 rings (SSSR count). The number of ether oxygens (including phenoxy) is 1. The van der Waals surface area contributed by atoms with Gasteiger partial charge in [-0.2, -0.15) is 8.78 Å². The summed E-state index contributed by atoms with van der Waals surface area (Å²) in [7, 11) is 0. The van der Waals surface area contributed by atoms with Crippen LogP contribution in [0.5, 0.6) is 0 Å². The lowest BCUT2D eigenvalue weighted by Gasteiger charge is -2.14. The summed E-state index contributed by atoms with van der Waals surface area (Å²) in [4.78, 5) is 11.5. The Kier molecular flexibility index (Phi) is 5.42. The van der Waals surface area contributed by atoms with E-state index in [1.807, 2.05) is 0 Å². The summed E-state index contributed by atoms with van der Waals surface area (Å²) in [5, 5.41) is 0. The molecule has 0 heterocycles. The van der Waals surface area contributed by atoms with Crippen LogP contribution in [0.2, 0.25) is 0 Å². The number of alkyl halides is 4. The van der Waals surface area contributed by atoms with Gasteiger partial charge in [0, 0.05) is 4.47 Å². The van der Waals surface area contributed by atoms with Crippen LogP contribution in [0.15, 0.2) is 22.7 Å². The Balaban J connectivity index is 2.59. The molecule has 0 spiro atoms. The van der Waals surface area contributed by atoms with Crippen LogP contribution in [0.4, 0.5) is 22.0 Å². The fraction of sp³-hybridized carbons (Fsp3) is 0.364. The van der Waals surface area contributed by atoms with Gasteiger partial charge in [0.2, 0.25) is 0 Å². The highest BCUT2D eigenvalue weighted by molar-refractivity contribution is 9.10. The molecule has 0 aliphatic carbocycles. The van der Waals surface area contributed by atoms with Crippen molar-refractivity contribution in [3.8, 4) is 0 Å². The van der Waals surface area contributed by atoms with E-state index in [1.165, 1.54) is 6.07 Å². The van der Waals surface area contributed by atoms with Crippen molar-refractivity contribution in [3.63, 3.8) is 0 Å². The third kappa shape index (κ3) is 4.54. The molecule has 1 aromatic rings. The Morgan fingerprint density at radius 3 is 2.58 bits per heavy atom. The Morgan fingerprint density at radius 1 is 1.37 bits per heavy atom. The number of hydrogen-bond donors (Lipinski definition) is 0. The minimum absolute atomic E-state index is 0.366. The van der Waals surface area contributed by atoms with Crippen LogP contribution >= 0.6 is 15.9 Å². The van der Waals surface area contributed by atoms with Crippen LogP contribution in [0.1, 0.15) is 10.4 Å². The third-order valence-corrected chi connectivity index (χ3v) is 2.57. The lowest BCUT2D eigenvalue weighted by Crippen LogP contribution is -2.33. The van der Waals surface area contributed by atoms with Crippen molar-refractivity contribution in [1.29, 1.82) is 0 Å². The molecule has 19 heavy (non-hydrogen) atoms. The minimum Gasteiger partial charge on any atom is -0.367 e. The van der Waals surface area contributed by atoms with E-state index >= 15 is 0 Å². The molecule has 0 atom stereocenters. The maximum atomic E-state index is 13.2. The minimum atomic E-state index is -4.34. The van der Waals surface area contributed by atoms with Crippen LogP contribution in [0.3, 0.4) is 0 Å². The average Bonchev–Trinajstić information content (AvgIpc) is 2.31. The second-order valence-corrected chi connectivity index (χ2v) is 4.52. The zero-order chi connectivity index (χ0) is 14.6. The molecule has 0 aromatic heterocycles. The summed E-state index contributed by atoms with van der Waals surface area (Å²) in [5.41, 5.74) is -0.366. The highest BCUT2D eigenvalue weighted by Crippen LogP contribution is 2.23. The van der Waals surface area contributed by atoms with Crippen molar-refractivity contribution in [3.05, 3.63) is 34.1 Å². The number of benzene rings is 1. The van der Waals surface area contributed by atoms with Crippen molar-refractivity contribution in [1.82, 2.24) is 0 Å². The number of ketones is 1. The van der Waals surface area contributed by atoms with E-state index < -0.39 is 37.2 Å². The van der Waals surface area contributed by atoms with Crippen molar-refractivity contribution >= 4 is 21.7 Å². The van der Waals surface area contributed by atoms with Gasteiger partial charge in [-0.15, -0.1) is 0 Å². The molecule has 0 radical (unpaired) electrons. The second-order valence-electron chi connectivity index (χ2n) is 3.60. The van der Waals surface area contributed by atoms with E-state index in [9.17, 15) is 26.7 Å². The molecule has 0 bridgehead atoms. The van der Waals surface area contributed by atoms with Gasteiger partial charge in [-0.25, -0.2) is 13.2 Å². The number of carbonyl (C=O) groups is 1. The summed E-state index contributed by atoms with van der Waals surface area (Å²) >= 11 is 3.00.